The van der Waals surface area contributed by atoms with Crippen LogP contribution in [0.5, 0.6) is 0 Å². The van der Waals surface area contributed by atoms with E-state index in [1.165, 1.54) is 4.31 Å². The van der Waals surface area contributed by atoms with E-state index >= 15 is 0 Å². The highest BCUT2D eigenvalue weighted by molar-refractivity contribution is 7.87. The van der Waals surface area contributed by atoms with Crippen LogP contribution in [0.3, 0.4) is 0 Å². The summed E-state index contributed by atoms with van der Waals surface area (Å²) in [5, 5.41) is 8.98. The molecule has 2 aliphatic heterocycles. The number of piperidine rings is 1. The summed E-state index contributed by atoms with van der Waals surface area (Å²) in [6, 6.07) is 0. The standard InChI is InChI=1S/C11H20N2O6S/c14-11(15)9-2-1-3-13(7-9)20(16,17)12-6-10-8-18-4-5-19-10/h9-10,12H,1-8H2,(H,14,15). The zero-order valence-corrected chi connectivity index (χ0v) is 12.0. The summed E-state index contributed by atoms with van der Waals surface area (Å²) in [4.78, 5) is 11.0. The molecule has 0 aromatic rings. The topological polar surface area (TPSA) is 105 Å². The van der Waals surface area contributed by atoms with Crippen LogP contribution in [0.15, 0.2) is 0 Å². The van der Waals surface area contributed by atoms with Crippen molar-refractivity contribution in [2.24, 2.45) is 5.92 Å². The summed E-state index contributed by atoms with van der Waals surface area (Å²) < 4.78 is 38.4. The van der Waals surface area contributed by atoms with Gasteiger partial charge in [-0.25, -0.2) is 0 Å². The minimum absolute atomic E-state index is 0.0205. The number of hydrogen-bond acceptors (Lipinski definition) is 5. The number of aliphatic carboxylic acids is 1. The summed E-state index contributed by atoms with van der Waals surface area (Å²) in [6.45, 7) is 1.84. The van der Waals surface area contributed by atoms with Gasteiger partial charge in [-0.1, -0.05) is 0 Å². The molecule has 0 aliphatic carbocycles. The van der Waals surface area contributed by atoms with Gasteiger partial charge in [-0.3, -0.25) is 4.79 Å². The van der Waals surface area contributed by atoms with E-state index in [9.17, 15) is 13.2 Å². The van der Waals surface area contributed by atoms with E-state index in [4.69, 9.17) is 14.6 Å². The summed E-state index contributed by atoms with van der Waals surface area (Å²) in [5.74, 6) is -1.58. The SMILES string of the molecule is O=C(O)C1CCCN(S(=O)(=O)NCC2COCCO2)C1. The van der Waals surface area contributed by atoms with Crippen molar-refractivity contribution in [3.8, 4) is 0 Å². The first-order chi connectivity index (χ1) is 9.49. The molecule has 8 nitrogen and oxygen atoms in total. The van der Waals surface area contributed by atoms with Gasteiger partial charge in [0.2, 0.25) is 0 Å². The van der Waals surface area contributed by atoms with Gasteiger partial charge in [0.1, 0.15) is 0 Å². The highest BCUT2D eigenvalue weighted by Crippen LogP contribution is 2.18. The van der Waals surface area contributed by atoms with Crippen molar-refractivity contribution in [3.05, 3.63) is 0 Å². The van der Waals surface area contributed by atoms with Crippen LogP contribution in [-0.2, 0) is 24.5 Å². The molecule has 0 bridgehead atoms. The first kappa shape index (κ1) is 15.6. The average Bonchev–Trinajstić information content (AvgIpc) is 2.46. The van der Waals surface area contributed by atoms with Gasteiger partial charge in [-0.05, 0) is 12.8 Å². The number of carbonyl (C=O) groups is 1. The van der Waals surface area contributed by atoms with E-state index in [0.717, 1.165) is 0 Å². The Kier molecular flexibility index (Phi) is 5.33. The first-order valence-electron chi connectivity index (χ1n) is 6.66. The third kappa shape index (κ3) is 4.13. The van der Waals surface area contributed by atoms with Gasteiger partial charge in [0.25, 0.3) is 10.2 Å². The summed E-state index contributed by atoms with van der Waals surface area (Å²) in [5.41, 5.74) is 0. The maximum absolute atomic E-state index is 12.1. The van der Waals surface area contributed by atoms with E-state index in [2.05, 4.69) is 4.72 Å². The summed E-state index contributed by atoms with van der Waals surface area (Å²) in [6.07, 6.45) is 0.778. The van der Waals surface area contributed by atoms with Crippen molar-refractivity contribution in [1.82, 2.24) is 9.03 Å². The molecule has 2 N–H and O–H groups in total. The van der Waals surface area contributed by atoms with E-state index < -0.39 is 22.1 Å². The number of nitrogens with zero attached hydrogens (tertiary/aromatic N) is 1. The molecule has 0 spiro atoms. The fourth-order valence-corrected chi connectivity index (χ4v) is 3.63. The van der Waals surface area contributed by atoms with Crippen LogP contribution >= 0.6 is 0 Å². The number of carboxylic acid groups (broad SMARTS) is 1. The van der Waals surface area contributed by atoms with Crippen molar-refractivity contribution in [2.75, 3.05) is 39.5 Å². The second-order valence-corrected chi connectivity index (χ2v) is 6.71. The number of hydrogen-bond donors (Lipinski definition) is 2. The molecule has 0 radical (unpaired) electrons. The lowest BCUT2D eigenvalue weighted by atomic mass is 10.0. The van der Waals surface area contributed by atoms with Crippen LogP contribution in [0.25, 0.3) is 0 Å². The predicted molar refractivity (Wildman–Crippen MR) is 69.4 cm³/mol. The Morgan fingerprint density at radius 1 is 1.40 bits per heavy atom. The van der Waals surface area contributed by atoms with E-state index in [-0.39, 0.29) is 19.2 Å². The zero-order valence-electron chi connectivity index (χ0n) is 11.2. The maximum Gasteiger partial charge on any atom is 0.307 e. The molecule has 0 aromatic carbocycles. The van der Waals surface area contributed by atoms with Crippen LogP contribution in [0, 0.1) is 5.92 Å². The Labute approximate surface area is 118 Å². The van der Waals surface area contributed by atoms with Gasteiger partial charge in [0.15, 0.2) is 0 Å². The summed E-state index contributed by atoms with van der Waals surface area (Å²) in [7, 11) is -3.66. The Hall–Kier alpha value is -0.740. The highest BCUT2D eigenvalue weighted by atomic mass is 32.2. The lowest BCUT2D eigenvalue weighted by Crippen LogP contribution is -2.50. The lowest BCUT2D eigenvalue weighted by Gasteiger charge is -2.30. The van der Waals surface area contributed by atoms with Crippen LogP contribution in [0.4, 0.5) is 0 Å². The van der Waals surface area contributed by atoms with Crippen LogP contribution < -0.4 is 4.72 Å². The third-order valence-corrected chi connectivity index (χ3v) is 4.99. The van der Waals surface area contributed by atoms with Gasteiger partial charge < -0.3 is 14.6 Å². The molecule has 2 unspecified atom stereocenters. The number of ether oxygens (including phenoxy) is 2. The molecular weight excluding hydrogens is 288 g/mol. The molecule has 2 saturated heterocycles. The molecule has 2 atom stereocenters. The van der Waals surface area contributed by atoms with E-state index in [0.29, 0.717) is 39.2 Å². The van der Waals surface area contributed by atoms with Crippen LogP contribution in [0.2, 0.25) is 0 Å². The molecule has 20 heavy (non-hydrogen) atoms. The van der Waals surface area contributed by atoms with Gasteiger partial charge in [0, 0.05) is 19.6 Å². The molecule has 0 saturated carbocycles. The Balaban J connectivity index is 1.87. The number of carboxylic acids is 1. The zero-order chi connectivity index (χ0) is 14.6. The normalized spacial score (nSPS) is 29.2. The average molecular weight is 308 g/mol. The smallest absolute Gasteiger partial charge is 0.307 e. The lowest BCUT2D eigenvalue weighted by molar-refractivity contribution is -0.142. The molecule has 116 valence electrons. The van der Waals surface area contributed by atoms with Gasteiger partial charge in [-0.15, -0.1) is 0 Å². The summed E-state index contributed by atoms with van der Waals surface area (Å²) >= 11 is 0. The van der Waals surface area contributed by atoms with Crippen molar-refractivity contribution < 1.29 is 27.8 Å². The van der Waals surface area contributed by atoms with Crippen molar-refractivity contribution in [1.29, 1.82) is 0 Å². The van der Waals surface area contributed by atoms with Crippen LogP contribution in [-0.4, -0.2) is 69.4 Å². The highest BCUT2D eigenvalue weighted by Gasteiger charge is 2.32. The van der Waals surface area contributed by atoms with Crippen molar-refractivity contribution in [2.45, 2.75) is 18.9 Å². The van der Waals surface area contributed by atoms with Crippen molar-refractivity contribution >= 4 is 16.2 Å². The second-order valence-electron chi connectivity index (χ2n) is 4.96. The Morgan fingerprint density at radius 3 is 2.85 bits per heavy atom. The second kappa shape index (κ2) is 6.81. The molecular formula is C11H20N2O6S. The first-order valence-corrected chi connectivity index (χ1v) is 8.10. The molecule has 9 heteroatoms. The van der Waals surface area contributed by atoms with E-state index in [1.54, 1.807) is 0 Å². The van der Waals surface area contributed by atoms with Gasteiger partial charge in [0.05, 0.1) is 31.8 Å². The molecule has 2 aliphatic rings. The molecule has 2 rings (SSSR count). The Morgan fingerprint density at radius 2 is 2.20 bits per heavy atom. The van der Waals surface area contributed by atoms with Crippen molar-refractivity contribution in [3.63, 3.8) is 0 Å². The third-order valence-electron chi connectivity index (χ3n) is 3.45. The monoisotopic (exact) mass is 308 g/mol. The Bertz CT molecular complexity index is 434. The largest absolute Gasteiger partial charge is 0.481 e. The van der Waals surface area contributed by atoms with Gasteiger partial charge in [-0.2, -0.15) is 17.4 Å². The molecule has 0 aromatic heterocycles. The van der Waals surface area contributed by atoms with Crippen LogP contribution in [0.1, 0.15) is 12.8 Å². The molecule has 2 heterocycles. The minimum atomic E-state index is -3.66. The van der Waals surface area contributed by atoms with E-state index in [1.807, 2.05) is 0 Å². The quantitative estimate of drug-likeness (QED) is 0.677. The minimum Gasteiger partial charge on any atom is -0.481 e. The number of rotatable bonds is 5. The fourth-order valence-electron chi connectivity index (χ4n) is 2.31. The molecule has 2 fully saturated rings. The maximum atomic E-state index is 12.1. The number of nitrogens with one attached hydrogen (secondary N) is 1. The molecule has 0 amide bonds. The predicted octanol–water partition coefficient (Wildman–Crippen LogP) is -0.967. The van der Waals surface area contributed by atoms with Gasteiger partial charge >= 0.3 is 5.97 Å². The fraction of sp³-hybridized carbons (Fsp3) is 0.909.